The van der Waals surface area contributed by atoms with Crippen LogP contribution >= 0.6 is 0 Å². The van der Waals surface area contributed by atoms with E-state index in [0.717, 1.165) is 5.57 Å². The van der Waals surface area contributed by atoms with Crippen LogP contribution in [-0.4, -0.2) is 20.9 Å². The molecule has 0 bridgehead atoms. The molecule has 0 atom stereocenters. The smallest absolute Gasteiger partial charge is 0.204 e. The van der Waals surface area contributed by atoms with E-state index in [9.17, 15) is 20.1 Å². The summed E-state index contributed by atoms with van der Waals surface area (Å²) in [6.07, 6.45) is 6.82. The van der Waals surface area contributed by atoms with E-state index < -0.39 is 11.0 Å². The van der Waals surface area contributed by atoms with Crippen LogP contribution in [0, 0.1) is 5.92 Å². The van der Waals surface area contributed by atoms with Gasteiger partial charge in [-0.2, -0.15) is 0 Å². The first-order valence-electron chi connectivity index (χ1n) is 11.6. The van der Waals surface area contributed by atoms with Gasteiger partial charge in [0.15, 0.2) is 11.5 Å². The normalized spacial score (nSPS) is 14.4. The topological polar surface area (TPSA) is 100 Å². The standard InChI is InChI=1S/C28H32O6/c1-14(2)7-9-17-21-26(32)22-20(13-19-16(23(22)29)11-12-28(5,6)34-19)33-27(21)18(10-8-15(3)4)25(31)24(17)30/h8,11-14,29-31H,7,9-10H2,1-6H3. The van der Waals surface area contributed by atoms with Gasteiger partial charge in [0.05, 0.1) is 10.9 Å². The Morgan fingerprint density at radius 3 is 2.38 bits per heavy atom. The van der Waals surface area contributed by atoms with Crippen molar-refractivity contribution < 1.29 is 24.5 Å². The van der Waals surface area contributed by atoms with Gasteiger partial charge in [-0.3, -0.25) is 4.79 Å². The highest BCUT2D eigenvalue weighted by Crippen LogP contribution is 2.45. The molecule has 4 rings (SSSR count). The number of aromatic hydroxyl groups is 3. The molecular weight excluding hydrogens is 432 g/mol. The van der Waals surface area contributed by atoms with Crippen molar-refractivity contribution in [2.75, 3.05) is 0 Å². The van der Waals surface area contributed by atoms with Crippen molar-refractivity contribution in [3.05, 3.63) is 50.7 Å². The fourth-order valence-corrected chi connectivity index (χ4v) is 4.34. The molecule has 6 heteroatoms. The number of fused-ring (bicyclic) bond motifs is 3. The number of benzene rings is 2. The Kier molecular flexibility index (Phi) is 5.88. The van der Waals surface area contributed by atoms with Crippen LogP contribution in [0.3, 0.4) is 0 Å². The summed E-state index contributed by atoms with van der Waals surface area (Å²) in [6.45, 7) is 11.7. The molecule has 1 aromatic heterocycles. The highest BCUT2D eigenvalue weighted by atomic mass is 16.5. The van der Waals surface area contributed by atoms with Crippen molar-refractivity contribution >= 4 is 28.0 Å². The molecule has 0 unspecified atom stereocenters. The molecule has 1 aliphatic rings. The van der Waals surface area contributed by atoms with Gasteiger partial charge in [0, 0.05) is 17.2 Å². The van der Waals surface area contributed by atoms with Gasteiger partial charge in [-0.25, -0.2) is 0 Å². The van der Waals surface area contributed by atoms with Gasteiger partial charge in [-0.05, 0) is 65.0 Å². The summed E-state index contributed by atoms with van der Waals surface area (Å²) in [5, 5.41) is 33.1. The van der Waals surface area contributed by atoms with Gasteiger partial charge in [0.1, 0.15) is 33.7 Å². The summed E-state index contributed by atoms with van der Waals surface area (Å²) >= 11 is 0. The summed E-state index contributed by atoms with van der Waals surface area (Å²) in [6, 6.07) is 1.61. The molecule has 3 aromatic rings. The number of rotatable bonds is 5. The van der Waals surface area contributed by atoms with Crippen LogP contribution < -0.4 is 10.2 Å². The molecule has 1 aliphatic heterocycles. The SMILES string of the molecule is CC(C)=CCc1c(O)c(O)c(CCC(C)C)c2c(=O)c3c(O)c4c(cc3oc12)OC(C)(C)C=C4. The zero-order valence-electron chi connectivity index (χ0n) is 20.6. The molecule has 6 nitrogen and oxygen atoms in total. The maximum Gasteiger partial charge on any atom is 0.204 e. The molecule has 0 saturated heterocycles. The Bertz CT molecular complexity index is 1420. The molecular formula is C28H32O6. The van der Waals surface area contributed by atoms with E-state index in [0.29, 0.717) is 41.2 Å². The molecule has 0 spiro atoms. The van der Waals surface area contributed by atoms with Crippen LogP contribution in [0.4, 0.5) is 0 Å². The maximum absolute atomic E-state index is 13.8. The van der Waals surface area contributed by atoms with Crippen molar-refractivity contribution in [1.82, 2.24) is 0 Å². The number of phenolic OH excluding ortho intramolecular Hbond substituents is 3. The molecule has 3 N–H and O–H groups in total. The monoisotopic (exact) mass is 464 g/mol. The Hall–Kier alpha value is -3.41. The van der Waals surface area contributed by atoms with Gasteiger partial charge >= 0.3 is 0 Å². The average molecular weight is 465 g/mol. The fraction of sp³-hybridized carbons (Fsp3) is 0.393. The van der Waals surface area contributed by atoms with Crippen molar-refractivity contribution in [2.24, 2.45) is 5.92 Å². The highest BCUT2D eigenvalue weighted by molar-refractivity contribution is 6.00. The second kappa shape index (κ2) is 8.42. The Balaban J connectivity index is 2.13. The summed E-state index contributed by atoms with van der Waals surface area (Å²) in [7, 11) is 0. The molecule has 2 heterocycles. The largest absolute Gasteiger partial charge is 0.506 e. The first-order chi connectivity index (χ1) is 15.9. The van der Waals surface area contributed by atoms with Crippen LogP contribution in [0.1, 0.15) is 64.7 Å². The Morgan fingerprint density at radius 2 is 1.74 bits per heavy atom. The number of phenols is 3. The minimum Gasteiger partial charge on any atom is -0.506 e. The van der Waals surface area contributed by atoms with E-state index in [1.807, 2.05) is 53.7 Å². The quantitative estimate of drug-likeness (QED) is 0.231. The van der Waals surface area contributed by atoms with Crippen LogP contribution in [0.25, 0.3) is 28.0 Å². The second-order valence-electron chi connectivity index (χ2n) is 10.3. The van der Waals surface area contributed by atoms with Crippen molar-refractivity contribution in [2.45, 2.75) is 66.4 Å². The van der Waals surface area contributed by atoms with E-state index in [-0.39, 0.29) is 45.6 Å². The molecule has 180 valence electrons. The maximum atomic E-state index is 13.8. The lowest BCUT2D eigenvalue weighted by Crippen LogP contribution is -2.27. The Labute approximate surface area is 198 Å². The van der Waals surface area contributed by atoms with Crippen LogP contribution in [-0.2, 0) is 12.8 Å². The predicted molar refractivity (Wildman–Crippen MR) is 135 cm³/mol. The summed E-state index contributed by atoms with van der Waals surface area (Å²) < 4.78 is 12.2. The number of aryl methyl sites for hydroxylation is 1. The third-order valence-electron chi connectivity index (χ3n) is 6.24. The van der Waals surface area contributed by atoms with Gasteiger partial charge in [-0.15, -0.1) is 0 Å². The molecule has 34 heavy (non-hydrogen) atoms. The molecule has 0 fully saturated rings. The molecule has 2 aromatic carbocycles. The zero-order valence-corrected chi connectivity index (χ0v) is 20.6. The van der Waals surface area contributed by atoms with Crippen LogP contribution in [0.2, 0.25) is 0 Å². The van der Waals surface area contributed by atoms with Crippen LogP contribution in [0.15, 0.2) is 33.0 Å². The van der Waals surface area contributed by atoms with Gasteiger partial charge in [0.2, 0.25) is 5.43 Å². The lowest BCUT2D eigenvalue weighted by molar-refractivity contribution is 0.158. The van der Waals surface area contributed by atoms with Crippen molar-refractivity contribution in [3.63, 3.8) is 0 Å². The van der Waals surface area contributed by atoms with E-state index in [1.165, 1.54) is 0 Å². The van der Waals surface area contributed by atoms with Crippen LogP contribution in [0.5, 0.6) is 23.0 Å². The second-order valence-corrected chi connectivity index (χ2v) is 10.3. The highest BCUT2D eigenvalue weighted by Gasteiger charge is 2.29. The summed E-state index contributed by atoms with van der Waals surface area (Å²) in [5.41, 5.74) is 1.47. The fourth-order valence-electron chi connectivity index (χ4n) is 4.34. The predicted octanol–water partition coefficient (Wildman–Crippen LogP) is 6.34. The first kappa shape index (κ1) is 23.7. The minimum absolute atomic E-state index is 0.0308. The summed E-state index contributed by atoms with van der Waals surface area (Å²) in [5.74, 6) is -0.0781. The number of allylic oxidation sites excluding steroid dienone is 2. The lowest BCUT2D eigenvalue weighted by Gasteiger charge is -2.28. The Morgan fingerprint density at radius 1 is 1.06 bits per heavy atom. The molecule has 0 aliphatic carbocycles. The summed E-state index contributed by atoms with van der Waals surface area (Å²) in [4.78, 5) is 13.8. The van der Waals surface area contributed by atoms with E-state index in [4.69, 9.17) is 9.15 Å². The average Bonchev–Trinajstić information content (AvgIpc) is 2.73. The van der Waals surface area contributed by atoms with E-state index in [1.54, 1.807) is 12.1 Å². The number of ether oxygens (including phenoxy) is 1. The van der Waals surface area contributed by atoms with E-state index in [2.05, 4.69) is 0 Å². The molecule has 0 radical (unpaired) electrons. The molecule has 0 saturated carbocycles. The van der Waals surface area contributed by atoms with E-state index >= 15 is 0 Å². The minimum atomic E-state index is -0.576. The number of hydrogen-bond acceptors (Lipinski definition) is 6. The van der Waals surface area contributed by atoms with Gasteiger partial charge in [-0.1, -0.05) is 25.5 Å². The van der Waals surface area contributed by atoms with Crippen molar-refractivity contribution in [1.29, 1.82) is 0 Å². The van der Waals surface area contributed by atoms with Gasteiger partial charge in [0.25, 0.3) is 0 Å². The zero-order chi connectivity index (χ0) is 24.9. The lowest BCUT2D eigenvalue weighted by atomic mass is 9.93. The number of hydrogen-bond donors (Lipinski definition) is 3. The molecule has 0 amide bonds. The van der Waals surface area contributed by atoms with Crippen molar-refractivity contribution in [3.8, 4) is 23.0 Å². The first-order valence-corrected chi connectivity index (χ1v) is 11.6. The third-order valence-corrected chi connectivity index (χ3v) is 6.24. The third kappa shape index (κ3) is 4.02. The van der Waals surface area contributed by atoms with Gasteiger partial charge < -0.3 is 24.5 Å².